The fourth-order valence-electron chi connectivity index (χ4n) is 4.28. The fourth-order valence-corrected chi connectivity index (χ4v) is 4.49. The number of carbonyl (C=O) groups excluding carboxylic acids is 2. The van der Waals surface area contributed by atoms with E-state index in [0.717, 1.165) is 0 Å². The highest BCUT2D eigenvalue weighted by molar-refractivity contribution is 6.30. The van der Waals surface area contributed by atoms with Crippen LogP contribution in [-0.2, 0) is 11.2 Å². The van der Waals surface area contributed by atoms with Crippen LogP contribution in [0.2, 0.25) is 5.02 Å². The summed E-state index contributed by atoms with van der Waals surface area (Å²) >= 11 is 6.12. The molecule has 1 aliphatic carbocycles. The maximum atomic E-state index is 14.6. The number of nitrogens with two attached hydrogens (primary N) is 2. The number of halogens is 2. The van der Waals surface area contributed by atoms with Gasteiger partial charge in [0.2, 0.25) is 5.91 Å². The molecule has 5 nitrogen and oxygen atoms in total. The second kappa shape index (κ2) is 8.40. The van der Waals surface area contributed by atoms with Crippen LogP contribution in [0.1, 0.15) is 45.6 Å². The summed E-state index contributed by atoms with van der Waals surface area (Å²) in [6.45, 7) is 0. The maximum Gasteiger partial charge on any atom is 0.257 e. The number of fused-ring (bicyclic) bond motifs is 1. The van der Waals surface area contributed by atoms with Crippen molar-refractivity contribution in [2.45, 2.75) is 24.9 Å². The van der Waals surface area contributed by atoms with Gasteiger partial charge in [-0.05, 0) is 53.8 Å². The third-order valence-corrected chi connectivity index (χ3v) is 5.86. The molecule has 0 saturated heterocycles. The molecule has 4 rings (SSSR count). The van der Waals surface area contributed by atoms with Crippen molar-refractivity contribution in [3.8, 4) is 0 Å². The topological polar surface area (TPSA) is 89.4 Å². The van der Waals surface area contributed by atoms with E-state index in [2.05, 4.69) is 0 Å². The van der Waals surface area contributed by atoms with Crippen molar-refractivity contribution < 1.29 is 14.0 Å². The monoisotopic (exact) mass is 437 g/mol. The molecule has 0 bridgehead atoms. The number of hydrogen-bond donors (Lipinski definition) is 2. The van der Waals surface area contributed by atoms with Crippen LogP contribution in [0.15, 0.2) is 66.7 Å². The number of primary amides is 1. The van der Waals surface area contributed by atoms with Crippen molar-refractivity contribution in [1.82, 2.24) is 4.90 Å². The van der Waals surface area contributed by atoms with E-state index in [9.17, 15) is 14.0 Å². The SMILES string of the molecule is NC(=O)[C@@H](c1ccccc1)N(C(=O)c1ccccc1N)[C@@H]1CCc2c(F)cc(Cl)cc21. The normalized spacial score (nSPS) is 15.9. The first-order valence-corrected chi connectivity index (χ1v) is 10.3. The molecule has 158 valence electrons. The number of hydrogen-bond acceptors (Lipinski definition) is 3. The van der Waals surface area contributed by atoms with Crippen LogP contribution in [-0.4, -0.2) is 16.7 Å². The van der Waals surface area contributed by atoms with E-state index in [1.807, 2.05) is 6.07 Å². The molecule has 3 aromatic rings. The number of nitrogen functional groups attached to an aromatic ring is 1. The minimum atomic E-state index is -1.06. The summed E-state index contributed by atoms with van der Waals surface area (Å²) in [5, 5.41) is 0.227. The van der Waals surface area contributed by atoms with E-state index in [1.165, 1.54) is 11.0 Å². The van der Waals surface area contributed by atoms with Gasteiger partial charge >= 0.3 is 0 Å². The molecule has 31 heavy (non-hydrogen) atoms. The highest BCUT2D eigenvalue weighted by Crippen LogP contribution is 2.43. The molecule has 0 heterocycles. The summed E-state index contributed by atoms with van der Waals surface area (Å²) in [5.41, 5.74) is 14.0. The summed E-state index contributed by atoms with van der Waals surface area (Å²) in [6.07, 6.45) is 0.846. The second-order valence-corrected chi connectivity index (χ2v) is 7.96. The quantitative estimate of drug-likeness (QED) is 0.579. The Kier molecular flexibility index (Phi) is 5.65. The molecular formula is C24H21ClFN3O2. The third kappa shape index (κ3) is 3.86. The summed E-state index contributed by atoms with van der Waals surface area (Å²) in [4.78, 5) is 27.8. The average molecular weight is 438 g/mol. The number of anilines is 1. The molecule has 0 spiro atoms. The minimum Gasteiger partial charge on any atom is -0.398 e. The van der Waals surface area contributed by atoms with Gasteiger partial charge in [0.1, 0.15) is 11.9 Å². The molecule has 4 N–H and O–H groups in total. The Labute approximate surface area is 184 Å². The highest BCUT2D eigenvalue weighted by Gasteiger charge is 2.40. The van der Waals surface area contributed by atoms with Gasteiger partial charge < -0.3 is 16.4 Å². The van der Waals surface area contributed by atoms with E-state index < -0.39 is 29.7 Å². The molecule has 3 aromatic carbocycles. The van der Waals surface area contributed by atoms with Gasteiger partial charge in [0, 0.05) is 10.7 Å². The first kappa shape index (κ1) is 20.9. The van der Waals surface area contributed by atoms with Gasteiger partial charge in [-0.2, -0.15) is 0 Å². The molecule has 0 aromatic heterocycles. The van der Waals surface area contributed by atoms with Crippen LogP contribution >= 0.6 is 11.6 Å². The van der Waals surface area contributed by atoms with E-state index in [0.29, 0.717) is 29.5 Å². The third-order valence-electron chi connectivity index (χ3n) is 5.65. The van der Waals surface area contributed by atoms with Gasteiger partial charge in [-0.3, -0.25) is 9.59 Å². The van der Waals surface area contributed by atoms with Crippen LogP contribution in [0.3, 0.4) is 0 Å². The van der Waals surface area contributed by atoms with Gasteiger partial charge in [0.05, 0.1) is 11.6 Å². The molecule has 0 radical (unpaired) electrons. The van der Waals surface area contributed by atoms with Gasteiger partial charge in [0.25, 0.3) is 5.91 Å². The standard InChI is InChI=1S/C24H21ClFN3O2/c25-15-12-18-16(19(26)13-15)10-11-21(18)29(24(31)17-8-4-5-9-20(17)27)22(23(28)30)14-6-2-1-3-7-14/h1-9,12-13,21-22H,10-11,27H2,(H2,28,30)/t21-,22-/m1/s1. The van der Waals surface area contributed by atoms with Crippen LogP contribution in [0, 0.1) is 5.82 Å². The molecule has 0 fully saturated rings. The molecule has 0 unspecified atom stereocenters. The zero-order chi connectivity index (χ0) is 22.1. The first-order valence-electron chi connectivity index (χ1n) is 9.87. The van der Waals surface area contributed by atoms with Crippen molar-refractivity contribution in [2.24, 2.45) is 5.73 Å². The Morgan fingerprint density at radius 2 is 1.74 bits per heavy atom. The lowest BCUT2D eigenvalue weighted by atomic mass is 9.97. The highest BCUT2D eigenvalue weighted by atomic mass is 35.5. The number of carbonyl (C=O) groups is 2. The Morgan fingerprint density at radius 3 is 2.42 bits per heavy atom. The Hall–Kier alpha value is -3.38. The van der Waals surface area contributed by atoms with Crippen molar-refractivity contribution in [3.05, 3.63) is 99.8 Å². The van der Waals surface area contributed by atoms with Crippen LogP contribution in [0.5, 0.6) is 0 Å². The van der Waals surface area contributed by atoms with Crippen LogP contribution in [0.25, 0.3) is 0 Å². The Balaban J connectivity index is 1.90. The molecule has 0 saturated carbocycles. The smallest absolute Gasteiger partial charge is 0.257 e. The number of amides is 2. The number of nitrogens with zero attached hydrogens (tertiary/aromatic N) is 1. The van der Waals surface area contributed by atoms with Crippen molar-refractivity contribution in [1.29, 1.82) is 0 Å². The van der Waals surface area contributed by atoms with E-state index in [1.54, 1.807) is 54.6 Å². The summed E-state index contributed by atoms with van der Waals surface area (Å²) in [7, 11) is 0. The Bertz CT molecular complexity index is 1150. The molecule has 0 aliphatic heterocycles. The summed E-state index contributed by atoms with van der Waals surface area (Å²) in [6, 6.07) is 16.7. The second-order valence-electron chi connectivity index (χ2n) is 7.53. The average Bonchev–Trinajstić information content (AvgIpc) is 3.16. The van der Waals surface area contributed by atoms with Gasteiger partial charge in [0.15, 0.2) is 0 Å². The minimum absolute atomic E-state index is 0.227. The molecule has 2 amide bonds. The van der Waals surface area contributed by atoms with E-state index in [4.69, 9.17) is 23.1 Å². The molecular weight excluding hydrogens is 417 g/mol. The molecule has 7 heteroatoms. The zero-order valence-corrected chi connectivity index (χ0v) is 17.4. The summed E-state index contributed by atoms with van der Waals surface area (Å²) in [5.74, 6) is -1.57. The lowest BCUT2D eigenvalue weighted by Crippen LogP contribution is -2.43. The van der Waals surface area contributed by atoms with Crippen LogP contribution < -0.4 is 11.5 Å². The molecule has 1 aliphatic rings. The number of benzene rings is 3. The Morgan fingerprint density at radius 1 is 1.06 bits per heavy atom. The largest absolute Gasteiger partial charge is 0.398 e. The zero-order valence-electron chi connectivity index (χ0n) is 16.6. The van der Waals surface area contributed by atoms with Gasteiger partial charge in [-0.1, -0.05) is 54.1 Å². The summed E-state index contributed by atoms with van der Waals surface area (Å²) < 4.78 is 14.6. The fraction of sp³-hybridized carbons (Fsp3) is 0.167. The number of para-hydroxylation sites is 1. The van der Waals surface area contributed by atoms with Gasteiger partial charge in [-0.15, -0.1) is 0 Å². The predicted octanol–water partition coefficient (Wildman–Crippen LogP) is 4.42. The molecule has 2 atom stereocenters. The first-order chi connectivity index (χ1) is 14.9. The lowest BCUT2D eigenvalue weighted by molar-refractivity contribution is -0.123. The number of rotatable bonds is 5. The lowest BCUT2D eigenvalue weighted by Gasteiger charge is -2.36. The maximum absolute atomic E-state index is 14.6. The van der Waals surface area contributed by atoms with Crippen molar-refractivity contribution in [2.75, 3.05) is 5.73 Å². The van der Waals surface area contributed by atoms with Crippen LogP contribution in [0.4, 0.5) is 10.1 Å². The predicted molar refractivity (Wildman–Crippen MR) is 118 cm³/mol. The van der Waals surface area contributed by atoms with Crippen molar-refractivity contribution >= 4 is 29.1 Å². The van der Waals surface area contributed by atoms with E-state index >= 15 is 0 Å². The van der Waals surface area contributed by atoms with Crippen molar-refractivity contribution in [3.63, 3.8) is 0 Å². The van der Waals surface area contributed by atoms with Gasteiger partial charge in [-0.25, -0.2) is 4.39 Å². The van der Waals surface area contributed by atoms with E-state index in [-0.39, 0.29) is 16.3 Å².